The third-order valence-electron chi connectivity index (χ3n) is 5.05. The van der Waals surface area contributed by atoms with Crippen LogP contribution < -0.4 is 4.90 Å². The number of benzene rings is 1. The molecule has 1 aliphatic rings. The van der Waals surface area contributed by atoms with Gasteiger partial charge in [-0.25, -0.2) is 0 Å². The Kier molecular flexibility index (Phi) is 5.11. The highest BCUT2D eigenvalue weighted by atomic mass is 16.5. The molecule has 134 valence electrons. The molecular weight excluding hydrogens is 312 g/mol. The van der Waals surface area contributed by atoms with E-state index in [4.69, 9.17) is 4.74 Å². The maximum Gasteiger partial charge on any atom is 0.218 e. The average molecular weight is 341 g/mol. The van der Waals surface area contributed by atoms with Crippen LogP contribution in [0.15, 0.2) is 30.3 Å². The number of aromatic nitrogens is 1. The Morgan fingerprint density at radius 2 is 1.72 bits per heavy atom. The third-order valence-corrected chi connectivity index (χ3v) is 5.05. The Morgan fingerprint density at radius 3 is 2.32 bits per heavy atom. The van der Waals surface area contributed by atoms with Crippen LogP contribution in [0.5, 0.6) is 0 Å². The van der Waals surface area contributed by atoms with Crippen LogP contribution in [0, 0.1) is 20.8 Å². The normalized spacial score (nSPS) is 23.6. The van der Waals surface area contributed by atoms with Crippen LogP contribution in [0.3, 0.4) is 0 Å². The number of morpholine rings is 1. The molecule has 0 aliphatic carbocycles. The summed E-state index contributed by atoms with van der Waals surface area (Å²) in [5, 5.41) is 0. The highest BCUT2D eigenvalue weighted by molar-refractivity contribution is 5.98. The molecule has 1 fully saturated rings. The van der Waals surface area contributed by atoms with E-state index in [1.165, 1.54) is 10.5 Å². The number of rotatable bonds is 4. The predicted molar refractivity (Wildman–Crippen MR) is 99.9 cm³/mol. The Labute approximate surface area is 150 Å². The standard InChI is InChI=1S/C21H28N2O2/c1-14-6-8-19(9-7-14)23-15(2)10-20(18(23)5)21(24)13-22-11-16(3)25-17(4)12-22/h6-10,16-17H,11-13H2,1-5H3/p+1/t16-,17-/m1/s1. The van der Waals surface area contributed by atoms with Crippen LogP contribution in [0.25, 0.3) is 5.69 Å². The summed E-state index contributed by atoms with van der Waals surface area (Å²) in [6.07, 6.45) is 0.429. The first-order valence-electron chi connectivity index (χ1n) is 9.13. The van der Waals surface area contributed by atoms with Crippen LogP contribution in [0.2, 0.25) is 0 Å². The fraction of sp³-hybridized carbons (Fsp3) is 0.476. The van der Waals surface area contributed by atoms with Gasteiger partial charge < -0.3 is 14.2 Å². The van der Waals surface area contributed by atoms with Gasteiger partial charge in [0.25, 0.3) is 0 Å². The summed E-state index contributed by atoms with van der Waals surface area (Å²) in [5.74, 6) is 0.225. The molecule has 0 bridgehead atoms. The molecule has 4 heteroatoms. The Bertz CT molecular complexity index is 751. The zero-order valence-corrected chi connectivity index (χ0v) is 15.9. The Balaban J connectivity index is 1.82. The fourth-order valence-corrected chi connectivity index (χ4v) is 3.99. The lowest BCUT2D eigenvalue weighted by molar-refractivity contribution is -0.906. The van der Waals surface area contributed by atoms with Crippen LogP contribution >= 0.6 is 0 Å². The second kappa shape index (κ2) is 7.14. The van der Waals surface area contributed by atoms with E-state index in [1.807, 2.05) is 13.0 Å². The summed E-state index contributed by atoms with van der Waals surface area (Å²) in [7, 11) is 0. The smallest absolute Gasteiger partial charge is 0.218 e. The summed E-state index contributed by atoms with van der Waals surface area (Å²) in [4.78, 5) is 14.2. The van der Waals surface area contributed by atoms with E-state index in [-0.39, 0.29) is 18.0 Å². The number of ketones is 1. The lowest BCUT2D eigenvalue weighted by Gasteiger charge is -2.31. The molecule has 1 aromatic heterocycles. The van der Waals surface area contributed by atoms with Gasteiger partial charge >= 0.3 is 0 Å². The molecule has 25 heavy (non-hydrogen) atoms. The topological polar surface area (TPSA) is 35.7 Å². The van der Waals surface area contributed by atoms with E-state index >= 15 is 0 Å². The summed E-state index contributed by atoms with van der Waals surface area (Å²) < 4.78 is 7.96. The number of nitrogens with one attached hydrogen (secondary N) is 1. The summed E-state index contributed by atoms with van der Waals surface area (Å²) >= 11 is 0. The molecule has 3 rings (SSSR count). The van der Waals surface area contributed by atoms with Gasteiger partial charge in [0.1, 0.15) is 31.8 Å². The predicted octanol–water partition coefficient (Wildman–Crippen LogP) is 2.28. The van der Waals surface area contributed by atoms with Crippen molar-refractivity contribution in [2.75, 3.05) is 19.6 Å². The first-order chi connectivity index (χ1) is 11.8. The summed E-state index contributed by atoms with van der Waals surface area (Å²) in [6, 6.07) is 10.5. The SMILES string of the molecule is Cc1ccc(-n2c(C)cc(C(=O)C[NH+]3C[C@@H](C)O[C@H](C)C3)c2C)cc1. The second-order valence-corrected chi connectivity index (χ2v) is 7.47. The van der Waals surface area contributed by atoms with E-state index in [9.17, 15) is 4.79 Å². The first-order valence-corrected chi connectivity index (χ1v) is 9.13. The number of hydrogen-bond donors (Lipinski definition) is 1. The Morgan fingerprint density at radius 1 is 1.12 bits per heavy atom. The van der Waals surface area contributed by atoms with Gasteiger partial charge in [-0.05, 0) is 52.8 Å². The van der Waals surface area contributed by atoms with E-state index in [0.29, 0.717) is 6.54 Å². The van der Waals surface area contributed by atoms with Gasteiger partial charge in [-0.3, -0.25) is 4.79 Å². The second-order valence-electron chi connectivity index (χ2n) is 7.47. The molecule has 4 nitrogen and oxygen atoms in total. The molecule has 0 unspecified atom stereocenters. The number of carbonyl (C=O) groups is 1. The van der Waals surface area contributed by atoms with Crippen molar-refractivity contribution in [1.82, 2.24) is 4.57 Å². The molecule has 2 heterocycles. The van der Waals surface area contributed by atoms with Crippen LogP contribution in [-0.4, -0.2) is 42.2 Å². The summed E-state index contributed by atoms with van der Waals surface area (Å²) in [5.41, 5.74) is 5.32. The number of Topliss-reactive ketones (excluding diaryl/α,β-unsaturated/α-hetero) is 1. The van der Waals surface area contributed by atoms with Crippen molar-refractivity contribution in [2.24, 2.45) is 0 Å². The van der Waals surface area contributed by atoms with Crippen LogP contribution in [-0.2, 0) is 4.74 Å². The van der Waals surface area contributed by atoms with Crippen molar-refractivity contribution in [2.45, 2.75) is 46.8 Å². The molecule has 2 atom stereocenters. The number of carbonyl (C=O) groups excluding carboxylic acids is 1. The minimum absolute atomic E-state index is 0.214. The van der Waals surface area contributed by atoms with Crippen LogP contribution in [0.1, 0.15) is 41.2 Å². The van der Waals surface area contributed by atoms with E-state index in [0.717, 1.165) is 35.7 Å². The zero-order chi connectivity index (χ0) is 18.1. The minimum Gasteiger partial charge on any atom is -0.364 e. The van der Waals surface area contributed by atoms with Gasteiger partial charge in [-0.1, -0.05) is 17.7 Å². The molecule has 0 radical (unpaired) electrons. The molecule has 2 aromatic rings. The molecular formula is C21H29N2O2+. The lowest BCUT2D eigenvalue weighted by Crippen LogP contribution is -3.16. The minimum atomic E-state index is 0.214. The summed E-state index contributed by atoms with van der Waals surface area (Å²) in [6.45, 7) is 12.7. The molecule has 1 N–H and O–H groups in total. The monoisotopic (exact) mass is 341 g/mol. The third kappa shape index (κ3) is 3.86. The van der Waals surface area contributed by atoms with Crippen LogP contribution in [0.4, 0.5) is 0 Å². The number of aryl methyl sites for hydroxylation is 2. The molecule has 0 saturated carbocycles. The van der Waals surface area contributed by atoms with E-state index in [2.05, 4.69) is 56.5 Å². The van der Waals surface area contributed by atoms with Gasteiger partial charge in [0.15, 0.2) is 0 Å². The number of nitrogens with zero attached hydrogens (tertiary/aromatic N) is 1. The van der Waals surface area contributed by atoms with Crippen molar-refractivity contribution >= 4 is 5.78 Å². The number of ether oxygens (including phenoxy) is 1. The van der Waals surface area contributed by atoms with Crippen molar-refractivity contribution in [1.29, 1.82) is 0 Å². The molecule has 0 spiro atoms. The fourth-order valence-electron chi connectivity index (χ4n) is 3.99. The molecule has 1 aromatic carbocycles. The quantitative estimate of drug-likeness (QED) is 0.866. The lowest BCUT2D eigenvalue weighted by atomic mass is 10.1. The number of quaternary nitrogens is 1. The van der Waals surface area contributed by atoms with Gasteiger partial charge in [0.2, 0.25) is 5.78 Å². The largest absolute Gasteiger partial charge is 0.364 e. The molecule has 1 saturated heterocycles. The maximum atomic E-state index is 12.9. The Hall–Kier alpha value is -1.91. The van der Waals surface area contributed by atoms with Gasteiger partial charge in [-0.2, -0.15) is 0 Å². The first kappa shape index (κ1) is 17.9. The number of hydrogen-bond acceptors (Lipinski definition) is 2. The van der Waals surface area contributed by atoms with Crippen molar-refractivity contribution in [3.8, 4) is 5.69 Å². The average Bonchev–Trinajstić information content (AvgIpc) is 2.82. The van der Waals surface area contributed by atoms with Gasteiger partial charge in [-0.15, -0.1) is 0 Å². The van der Waals surface area contributed by atoms with Crippen molar-refractivity contribution in [3.63, 3.8) is 0 Å². The van der Waals surface area contributed by atoms with Crippen molar-refractivity contribution < 1.29 is 14.4 Å². The van der Waals surface area contributed by atoms with E-state index in [1.54, 1.807) is 0 Å². The van der Waals surface area contributed by atoms with E-state index < -0.39 is 0 Å². The maximum absolute atomic E-state index is 12.9. The highest BCUT2D eigenvalue weighted by Crippen LogP contribution is 2.21. The molecule has 0 amide bonds. The van der Waals surface area contributed by atoms with Gasteiger partial charge in [0, 0.05) is 22.6 Å². The highest BCUT2D eigenvalue weighted by Gasteiger charge is 2.28. The van der Waals surface area contributed by atoms with Crippen molar-refractivity contribution in [3.05, 3.63) is 52.8 Å². The van der Waals surface area contributed by atoms with Gasteiger partial charge in [0.05, 0.1) is 0 Å². The molecule has 1 aliphatic heterocycles. The zero-order valence-electron chi connectivity index (χ0n) is 15.9.